The molecule has 2 amide bonds. The van der Waals surface area contributed by atoms with E-state index < -0.39 is 91.9 Å². The van der Waals surface area contributed by atoms with E-state index in [2.05, 4.69) is 55.4 Å². The van der Waals surface area contributed by atoms with Gasteiger partial charge in [0.15, 0.2) is 52.9 Å². The summed E-state index contributed by atoms with van der Waals surface area (Å²) in [6.07, 6.45) is -8.37. The van der Waals surface area contributed by atoms with Gasteiger partial charge in [-0.1, -0.05) is 44.1 Å². The Morgan fingerprint density at radius 3 is 2.44 bits per heavy atom. The number of halogens is 1. The van der Waals surface area contributed by atoms with E-state index in [1.165, 1.54) is 21.8 Å². The van der Waals surface area contributed by atoms with Gasteiger partial charge in [-0.05, 0) is 35.9 Å². The molecule has 7 rings (SSSR count). The third-order valence-electron chi connectivity index (χ3n) is 9.87. The number of nitrogens with zero attached hydrogens (tertiary/aromatic N) is 11. The largest absolute Gasteiger partial charge is 0.506 e. The normalized spacial score (nSPS) is 23.9. The van der Waals surface area contributed by atoms with Crippen molar-refractivity contribution in [2.75, 3.05) is 30.4 Å². The van der Waals surface area contributed by atoms with Gasteiger partial charge in [0, 0.05) is 16.4 Å². The van der Waals surface area contributed by atoms with Gasteiger partial charge in [-0.3, -0.25) is 38.3 Å². The Hall–Kier alpha value is -6.49. The Labute approximate surface area is 365 Å². The zero-order valence-corrected chi connectivity index (χ0v) is 35.5. The van der Waals surface area contributed by atoms with Crippen LogP contribution in [-0.4, -0.2) is 119 Å². The van der Waals surface area contributed by atoms with Crippen molar-refractivity contribution in [3.63, 3.8) is 0 Å². The molecule has 2 saturated heterocycles. The molecule has 5 aromatic rings. The number of carbonyl (C=O) groups excluding carboxylic acids is 2. The highest BCUT2D eigenvalue weighted by atomic mass is 32.5. The number of imidazole rings is 2. The lowest BCUT2D eigenvalue weighted by Crippen LogP contribution is -2.36. The summed E-state index contributed by atoms with van der Waals surface area (Å²) in [5.74, 6) is -1.58. The predicted octanol–water partition coefficient (Wildman–Crippen LogP) is 4.65. The number of rotatable bonds is 17. The first-order valence-electron chi connectivity index (χ1n) is 19.4. The topological polar surface area (TPSA) is 311 Å². The maximum Gasteiger partial charge on any atom is 0.506 e. The summed E-state index contributed by atoms with van der Waals surface area (Å²) in [6, 6.07) is 6.86. The van der Waals surface area contributed by atoms with E-state index in [1.54, 1.807) is 51.1 Å². The number of ether oxygens (including phenoxy) is 3. The summed E-state index contributed by atoms with van der Waals surface area (Å²) in [4.78, 5) is 80.3. The fourth-order valence-electron chi connectivity index (χ4n) is 6.82. The van der Waals surface area contributed by atoms with Gasteiger partial charge in [0.05, 0.1) is 31.5 Å². The van der Waals surface area contributed by atoms with Crippen molar-refractivity contribution >= 4 is 70.6 Å². The fraction of sp³-hybridized carbons (Fsp3) is 0.444. The number of aromatic nitrogens is 8. The zero-order valence-electron chi connectivity index (χ0n) is 33.8. The van der Waals surface area contributed by atoms with Crippen LogP contribution in [0.5, 0.6) is 0 Å². The van der Waals surface area contributed by atoms with Crippen molar-refractivity contribution < 1.29 is 51.7 Å². The van der Waals surface area contributed by atoms with Gasteiger partial charge in [0.25, 0.3) is 11.5 Å². The van der Waals surface area contributed by atoms with E-state index >= 15 is 4.39 Å². The number of anilines is 2. The van der Waals surface area contributed by atoms with Crippen LogP contribution in [0.15, 0.2) is 59.2 Å². The Morgan fingerprint density at radius 2 is 1.75 bits per heavy atom. The number of azide groups is 1. The molecule has 64 heavy (non-hydrogen) atoms. The minimum Gasteiger partial charge on any atom is -0.450 e. The number of amides is 2. The van der Waals surface area contributed by atoms with Gasteiger partial charge in [-0.25, -0.2) is 35.7 Å². The molecular formula is C36H38FN14O11PS. The van der Waals surface area contributed by atoms with E-state index in [9.17, 15) is 29.8 Å². The molecule has 0 bridgehead atoms. The average Bonchev–Trinajstić information content (AvgIpc) is 4.05. The number of fused-ring (bicyclic) bond motifs is 2. The summed E-state index contributed by atoms with van der Waals surface area (Å²) in [7, 11) is 0. The third kappa shape index (κ3) is 9.54. The Morgan fingerprint density at radius 1 is 1.05 bits per heavy atom. The van der Waals surface area contributed by atoms with Crippen LogP contribution >= 0.6 is 6.72 Å². The molecule has 2 fully saturated rings. The summed E-state index contributed by atoms with van der Waals surface area (Å²) in [5, 5.41) is 18.7. The molecule has 1 aromatic carbocycles. The molecule has 2 aliphatic rings. The molecule has 9 atom stereocenters. The lowest BCUT2D eigenvalue weighted by atomic mass is 10.1. The van der Waals surface area contributed by atoms with E-state index in [1.807, 2.05) is 0 Å². The second kappa shape index (κ2) is 19.5. The van der Waals surface area contributed by atoms with Gasteiger partial charge in [-0.15, -0.1) is 0 Å². The van der Waals surface area contributed by atoms with Gasteiger partial charge >= 0.3 is 12.9 Å². The molecule has 336 valence electrons. The standard InChI is InChI=1S/C36H38FN14O11PS/c1-5-19-21(37)25(33(59-19)51-16-43-24-29(51)45-35(47-32(24)54)46-30(52)17(2)3)62-63(64,57-12-11-39-4)58-13-20-22(48-49-38)26(61-36(55)56)34(60-20)50-15-42-23-27(40-14-41-28(23)50)44-31(53)18-9-7-6-8-10-18/h6-10,14-17,19-22,25-26,33-34H,5,11-13H2,1-3H3,(H,55,56)(H,40,41,44,53)(H2,45,46,47,52,54)/t19-,20-,21-,22-,25-,26-,33-,34-,63?/m1/s1. The van der Waals surface area contributed by atoms with Crippen LogP contribution in [0.1, 0.15) is 50.0 Å². The number of aromatic amines is 1. The predicted molar refractivity (Wildman–Crippen MR) is 223 cm³/mol. The van der Waals surface area contributed by atoms with Crippen LogP contribution in [0.2, 0.25) is 0 Å². The molecule has 0 radical (unpaired) electrons. The summed E-state index contributed by atoms with van der Waals surface area (Å²) in [5.41, 5.74) is 9.13. The smallest absolute Gasteiger partial charge is 0.450 e. The van der Waals surface area contributed by atoms with Crippen molar-refractivity contribution in [2.24, 2.45) is 11.0 Å². The minimum absolute atomic E-state index is 0.0162. The quantitative estimate of drug-likeness (QED) is 0.0187. The maximum atomic E-state index is 16.4. The highest BCUT2D eigenvalue weighted by molar-refractivity contribution is 8.07. The molecule has 25 nitrogen and oxygen atoms in total. The molecular weight excluding hydrogens is 887 g/mol. The monoisotopic (exact) mass is 924 g/mol. The van der Waals surface area contributed by atoms with Gasteiger partial charge in [0.1, 0.15) is 25.1 Å². The number of nitrogens with one attached hydrogen (secondary N) is 3. The molecule has 6 heterocycles. The maximum absolute atomic E-state index is 16.4. The number of benzene rings is 1. The zero-order chi connectivity index (χ0) is 45.7. The summed E-state index contributed by atoms with van der Waals surface area (Å²) < 4.78 is 54.6. The van der Waals surface area contributed by atoms with Gasteiger partial charge < -0.3 is 38.5 Å². The van der Waals surface area contributed by atoms with E-state index in [0.29, 0.717) is 5.56 Å². The number of hydrogen-bond donors (Lipinski definition) is 4. The van der Waals surface area contributed by atoms with Crippen molar-refractivity contribution in [2.45, 2.75) is 76.3 Å². The van der Waals surface area contributed by atoms with E-state index in [-0.39, 0.29) is 53.7 Å². The average molecular weight is 925 g/mol. The Bertz CT molecular complexity index is 2750. The van der Waals surface area contributed by atoms with Crippen molar-refractivity contribution in [1.82, 2.24) is 39.0 Å². The van der Waals surface area contributed by atoms with Crippen LogP contribution in [0, 0.1) is 12.5 Å². The van der Waals surface area contributed by atoms with Crippen LogP contribution in [0.4, 0.5) is 21.0 Å². The van der Waals surface area contributed by atoms with Crippen LogP contribution in [0.3, 0.4) is 0 Å². The van der Waals surface area contributed by atoms with Crippen molar-refractivity contribution in [1.29, 1.82) is 0 Å². The van der Waals surface area contributed by atoms with Gasteiger partial charge in [0.2, 0.25) is 18.4 Å². The minimum atomic E-state index is -4.19. The number of carbonyl (C=O) groups is 3. The highest BCUT2D eigenvalue weighted by Crippen LogP contribution is 2.55. The van der Waals surface area contributed by atoms with E-state index in [0.717, 1.165) is 6.33 Å². The molecule has 4 aromatic heterocycles. The second-order valence-electron chi connectivity index (χ2n) is 14.3. The first-order chi connectivity index (χ1) is 30.7. The first kappa shape index (κ1) is 45.5. The second-order valence-corrected chi connectivity index (χ2v) is 17.3. The Kier molecular flexibility index (Phi) is 13.9. The molecule has 2 aliphatic heterocycles. The molecule has 4 N–H and O–H groups in total. The molecule has 0 aliphatic carbocycles. The molecule has 28 heteroatoms. The summed E-state index contributed by atoms with van der Waals surface area (Å²) >= 11 is 5.79. The lowest BCUT2D eigenvalue weighted by molar-refractivity contribution is -0.118. The summed E-state index contributed by atoms with van der Waals surface area (Å²) in [6.45, 7) is 6.85. The number of hydrogen-bond acceptors (Lipinski definition) is 17. The Balaban J connectivity index is 1.18. The fourth-order valence-corrected chi connectivity index (χ4v) is 8.87. The number of carboxylic acid groups (broad SMARTS) is 1. The van der Waals surface area contributed by atoms with Crippen LogP contribution < -0.4 is 16.2 Å². The van der Waals surface area contributed by atoms with Crippen molar-refractivity contribution in [3.05, 3.63) is 87.1 Å². The first-order valence-corrected chi connectivity index (χ1v) is 21.9. The number of H-pyrrole nitrogens is 1. The SMILES string of the molecule is [C-]#[N+]CCOP(=S)(OC[C@H]1O[C@@H](n2cnc3c(NC(=O)c4ccccc4)ncnc32)[C@H](OC(=O)O)[C@@H]1N=[N+]=[N-])O[C@@H]1[C@H](F)[C@@H](CC)O[C@H]1n1cnc2c(=O)[nH]c(NC(=O)C(C)C)nc21. The van der Waals surface area contributed by atoms with Crippen LogP contribution in [-0.2, 0) is 44.4 Å². The number of alkyl halides is 1. The van der Waals surface area contributed by atoms with Gasteiger partial charge in [-0.2, -0.15) is 4.98 Å². The molecule has 1 unspecified atom stereocenters. The molecule has 0 saturated carbocycles. The van der Waals surface area contributed by atoms with Crippen LogP contribution in [0.25, 0.3) is 37.6 Å². The lowest BCUT2D eigenvalue weighted by Gasteiger charge is -2.29. The van der Waals surface area contributed by atoms with E-state index in [4.69, 9.17) is 46.2 Å². The highest BCUT2D eigenvalue weighted by Gasteiger charge is 2.52. The van der Waals surface area contributed by atoms with Crippen molar-refractivity contribution in [3.8, 4) is 0 Å². The third-order valence-corrected chi connectivity index (χ3v) is 12.2. The molecule has 0 spiro atoms.